The fourth-order valence-electron chi connectivity index (χ4n) is 2.25. The van der Waals surface area contributed by atoms with Gasteiger partial charge in [0.15, 0.2) is 5.96 Å². The zero-order chi connectivity index (χ0) is 16.9. The third kappa shape index (κ3) is 9.75. The molecule has 136 valence electrons. The topological polar surface area (TPSA) is 62.7 Å². The highest BCUT2D eigenvalue weighted by Crippen LogP contribution is 2.12. The Morgan fingerprint density at radius 1 is 1.17 bits per heavy atom. The van der Waals surface area contributed by atoms with Crippen molar-refractivity contribution in [3.63, 3.8) is 0 Å². The molecule has 0 spiro atoms. The van der Waals surface area contributed by atoms with Crippen LogP contribution in [-0.2, 0) is 9.53 Å². The molecule has 0 heterocycles. The van der Waals surface area contributed by atoms with E-state index in [0.29, 0.717) is 12.3 Å². The molecule has 0 bridgehead atoms. The zero-order valence-corrected chi connectivity index (χ0v) is 17.2. The van der Waals surface area contributed by atoms with Gasteiger partial charge in [0.05, 0.1) is 7.11 Å². The number of ether oxygens (including phenoxy) is 1. The minimum atomic E-state index is -0.134. The van der Waals surface area contributed by atoms with Crippen molar-refractivity contribution < 1.29 is 9.53 Å². The number of nitrogens with zero attached hydrogens (tertiary/aromatic N) is 1. The van der Waals surface area contributed by atoms with E-state index in [1.807, 2.05) is 6.07 Å². The number of esters is 1. The fraction of sp³-hybridized carbons (Fsp3) is 0.556. The van der Waals surface area contributed by atoms with Crippen LogP contribution in [0.3, 0.4) is 0 Å². The van der Waals surface area contributed by atoms with Crippen molar-refractivity contribution in [3.05, 3.63) is 35.9 Å². The number of methoxy groups -OCH3 is 1. The van der Waals surface area contributed by atoms with Crippen molar-refractivity contribution in [2.45, 2.75) is 38.5 Å². The molecule has 0 fully saturated rings. The summed E-state index contributed by atoms with van der Waals surface area (Å²) in [6.07, 6.45) is 3.37. The fourth-order valence-corrected chi connectivity index (χ4v) is 2.25. The molecule has 0 aromatic heterocycles. The van der Waals surface area contributed by atoms with Crippen LogP contribution >= 0.6 is 24.0 Å². The van der Waals surface area contributed by atoms with Gasteiger partial charge in [0.2, 0.25) is 0 Å². The number of carbonyl (C=O) groups is 1. The molecule has 1 rings (SSSR count). The van der Waals surface area contributed by atoms with Gasteiger partial charge in [0.1, 0.15) is 0 Å². The van der Waals surface area contributed by atoms with Crippen LogP contribution in [0.1, 0.15) is 44.1 Å². The van der Waals surface area contributed by atoms with Crippen LogP contribution in [0.15, 0.2) is 35.3 Å². The van der Waals surface area contributed by atoms with Crippen LogP contribution in [-0.4, -0.2) is 39.2 Å². The summed E-state index contributed by atoms with van der Waals surface area (Å²) in [5.74, 6) is 1.11. The van der Waals surface area contributed by atoms with Crippen molar-refractivity contribution in [1.29, 1.82) is 0 Å². The van der Waals surface area contributed by atoms with E-state index in [-0.39, 0.29) is 29.9 Å². The lowest BCUT2D eigenvalue weighted by molar-refractivity contribution is -0.140. The van der Waals surface area contributed by atoms with E-state index in [1.54, 1.807) is 7.05 Å². The summed E-state index contributed by atoms with van der Waals surface area (Å²) in [6, 6.07) is 10.4. The lowest BCUT2D eigenvalue weighted by Crippen LogP contribution is -2.39. The monoisotopic (exact) mass is 447 g/mol. The molecular weight excluding hydrogens is 417 g/mol. The number of carbonyl (C=O) groups excluding carboxylic acids is 1. The molecule has 5 nitrogen and oxygen atoms in total. The van der Waals surface area contributed by atoms with Gasteiger partial charge < -0.3 is 15.4 Å². The average Bonchev–Trinajstić information content (AvgIpc) is 2.60. The number of hydrogen-bond donors (Lipinski definition) is 2. The standard InChI is InChI=1S/C18H29N3O2.HI/c1-15(16-10-6-4-7-11-16)14-21-18(19-2)20-13-9-5-8-12-17(22)23-3;/h4,6-7,10-11,15H,5,8-9,12-14H2,1-3H3,(H2,19,20,21);1H. The van der Waals surface area contributed by atoms with Crippen LogP contribution in [0.2, 0.25) is 0 Å². The third-order valence-electron chi connectivity index (χ3n) is 3.75. The first-order valence-electron chi connectivity index (χ1n) is 8.23. The van der Waals surface area contributed by atoms with E-state index >= 15 is 0 Å². The number of benzene rings is 1. The number of halogens is 1. The summed E-state index contributed by atoms with van der Waals surface area (Å²) < 4.78 is 4.62. The predicted molar refractivity (Wildman–Crippen MR) is 110 cm³/mol. The average molecular weight is 447 g/mol. The van der Waals surface area contributed by atoms with E-state index < -0.39 is 0 Å². The summed E-state index contributed by atoms with van der Waals surface area (Å²) in [5, 5.41) is 6.65. The number of hydrogen-bond acceptors (Lipinski definition) is 3. The van der Waals surface area contributed by atoms with Crippen molar-refractivity contribution in [1.82, 2.24) is 10.6 Å². The molecule has 0 saturated heterocycles. The molecule has 0 aliphatic heterocycles. The highest BCUT2D eigenvalue weighted by atomic mass is 127. The minimum absolute atomic E-state index is 0. The van der Waals surface area contributed by atoms with Gasteiger partial charge in [-0.25, -0.2) is 0 Å². The molecule has 1 unspecified atom stereocenters. The van der Waals surface area contributed by atoms with Crippen molar-refractivity contribution >= 4 is 35.9 Å². The molecule has 0 aliphatic carbocycles. The molecule has 0 saturated carbocycles. The predicted octanol–water partition coefficient (Wildman–Crippen LogP) is 3.31. The SMILES string of the molecule is CN=C(NCCCCCC(=O)OC)NCC(C)c1ccccc1.I. The molecule has 24 heavy (non-hydrogen) atoms. The van der Waals surface area contributed by atoms with Crippen LogP contribution in [0, 0.1) is 0 Å². The van der Waals surface area contributed by atoms with Crippen LogP contribution < -0.4 is 10.6 Å². The normalized spacial score (nSPS) is 12.0. The Morgan fingerprint density at radius 2 is 1.88 bits per heavy atom. The molecule has 0 amide bonds. The lowest BCUT2D eigenvalue weighted by atomic mass is 10.0. The summed E-state index contributed by atoms with van der Waals surface area (Å²) in [6.45, 7) is 3.88. The van der Waals surface area contributed by atoms with Crippen LogP contribution in [0.4, 0.5) is 0 Å². The van der Waals surface area contributed by atoms with E-state index in [2.05, 4.69) is 51.6 Å². The Hall–Kier alpha value is -1.31. The molecule has 1 aromatic carbocycles. The zero-order valence-electron chi connectivity index (χ0n) is 14.9. The Kier molecular flexibility index (Phi) is 13.3. The number of rotatable bonds is 9. The van der Waals surface area contributed by atoms with Gasteiger partial charge in [0, 0.05) is 26.6 Å². The Bertz CT molecular complexity index is 480. The first kappa shape index (κ1) is 22.7. The van der Waals surface area contributed by atoms with Gasteiger partial charge in [-0.2, -0.15) is 0 Å². The Balaban J connectivity index is 0.00000529. The van der Waals surface area contributed by atoms with Gasteiger partial charge in [-0.15, -0.1) is 24.0 Å². The Morgan fingerprint density at radius 3 is 2.50 bits per heavy atom. The maximum absolute atomic E-state index is 11.0. The largest absolute Gasteiger partial charge is 0.469 e. The quantitative estimate of drug-likeness (QED) is 0.201. The number of guanidine groups is 1. The molecule has 0 radical (unpaired) electrons. The van der Waals surface area contributed by atoms with E-state index in [1.165, 1.54) is 12.7 Å². The highest BCUT2D eigenvalue weighted by Gasteiger charge is 2.06. The van der Waals surface area contributed by atoms with Gasteiger partial charge in [0.25, 0.3) is 0 Å². The maximum Gasteiger partial charge on any atom is 0.305 e. The molecular formula is C18H30IN3O2. The molecule has 1 atom stereocenters. The van der Waals surface area contributed by atoms with E-state index in [9.17, 15) is 4.79 Å². The number of aliphatic imine (C=N–C) groups is 1. The van der Waals surface area contributed by atoms with Crippen LogP contribution in [0.25, 0.3) is 0 Å². The first-order chi connectivity index (χ1) is 11.2. The number of unbranched alkanes of at least 4 members (excludes halogenated alkanes) is 2. The second kappa shape index (κ2) is 14.1. The molecule has 1 aromatic rings. The lowest BCUT2D eigenvalue weighted by Gasteiger charge is -2.16. The minimum Gasteiger partial charge on any atom is -0.469 e. The molecule has 6 heteroatoms. The van der Waals surface area contributed by atoms with E-state index in [4.69, 9.17) is 0 Å². The van der Waals surface area contributed by atoms with Gasteiger partial charge >= 0.3 is 5.97 Å². The van der Waals surface area contributed by atoms with Crippen molar-refractivity contribution in [2.24, 2.45) is 4.99 Å². The second-order valence-electron chi connectivity index (χ2n) is 5.58. The maximum atomic E-state index is 11.0. The van der Waals surface area contributed by atoms with E-state index in [0.717, 1.165) is 38.3 Å². The summed E-state index contributed by atoms with van der Waals surface area (Å²) >= 11 is 0. The van der Waals surface area contributed by atoms with Gasteiger partial charge in [-0.1, -0.05) is 43.7 Å². The highest BCUT2D eigenvalue weighted by molar-refractivity contribution is 14.0. The summed E-state index contributed by atoms with van der Waals surface area (Å²) in [5.41, 5.74) is 1.32. The second-order valence-corrected chi connectivity index (χ2v) is 5.58. The van der Waals surface area contributed by atoms with Crippen molar-refractivity contribution in [2.75, 3.05) is 27.2 Å². The van der Waals surface area contributed by atoms with Gasteiger partial charge in [-0.3, -0.25) is 9.79 Å². The summed E-state index contributed by atoms with van der Waals surface area (Å²) in [4.78, 5) is 15.2. The third-order valence-corrected chi connectivity index (χ3v) is 3.75. The van der Waals surface area contributed by atoms with Crippen molar-refractivity contribution in [3.8, 4) is 0 Å². The Labute approximate surface area is 162 Å². The first-order valence-corrected chi connectivity index (χ1v) is 8.23. The number of nitrogens with one attached hydrogen (secondary N) is 2. The summed E-state index contributed by atoms with van der Waals surface area (Å²) in [7, 11) is 3.20. The molecule has 2 N–H and O–H groups in total. The van der Waals surface area contributed by atoms with Crippen LogP contribution in [0.5, 0.6) is 0 Å². The smallest absolute Gasteiger partial charge is 0.305 e. The van der Waals surface area contributed by atoms with Gasteiger partial charge in [-0.05, 0) is 24.3 Å². The molecule has 0 aliphatic rings.